The highest BCUT2D eigenvalue weighted by atomic mass is 35.5. The summed E-state index contributed by atoms with van der Waals surface area (Å²) < 4.78 is 0.761. The molecule has 0 bridgehead atoms. The van der Waals surface area contributed by atoms with Gasteiger partial charge in [0, 0.05) is 12.6 Å². The Morgan fingerprint density at radius 3 is 2.79 bits per heavy atom. The lowest BCUT2D eigenvalue weighted by atomic mass is 10.0. The Hall–Kier alpha value is -2.07. The zero-order valence-electron chi connectivity index (χ0n) is 10.0. The van der Waals surface area contributed by atoms with Gasteiger partial charge in [0.1, 0.15) is 5.56 Å². The van der Waals surface area contributed by atoms with Crippen molar-refractivity contribution in [2.75, 3.05) is 11.4 Å². The third kappa shape index (κ3) is 1.94. The monoisotopic (exact) mass is 274 g/mol. The second-order valence-electron chi connectivity index (χ2n) is 4.35. The van der Waals surface area contributed by atoms with Gasteiger partial charge in [-0.05, 0) is 18.2 Å². The molecule has 1 aromatic carbocycles. The van der Waals surface area contributed by atoms with Gasteiger partial charge in [-0.3, -0.25) is 4.79 Å². The van der Waals surface area contributed by atoms with Crippen molar-refractivity contribution in [1.29, 1.82) is 0 Å². The van der Waals surface area contributed by atoms with Crippen LogP contribution in [0.4, 0.5) is 5.69 Å². The van der Waals surface area contributed by atoms with E-state index in [0.717, 1.165) is 4.73 Å². The topological polar surface area (TPSA) is 47.2 Å². The minimum atomic E-state index is -0.181. The number of carbonyl (C=O) groups is 1. The van der Waals surface area contributed by atoms with E-state index in [1.807, 2.05) is 12.1 Å². The third-order valence-electron chi connectivity index (χ3n) is 3.25. The molecule has 0 fully saturated rings. The summed E-state index contributed by atoms with van der Waals surface area (Å²) in [5, 5.41) is 12.2. The van der Waals surface area contributed by atoms with Gasteiger partial charge >= 0.3 is 0 Å². The molecule has 2 heterocycles. The Morgan fingerprint density at radius 1 is 1.21 bits per heavy atom. The Balaban J connectivity index is 2.05. The second kappa shape index (κ2) is 4.55. The van der Waals surface area contributed by atoms with Crippen molar-refractivity contribution in [2.45, 2.75) is 6.42 Å². The molecule has 1 amide bonds. The minimum absolute atomic E-state index is 0.181. The first-order chi connectivity index (χ1) is 9.18. The van der Waals surface area contributed by atoms with E-state index < -0.39 is 0 Å². The number of fused-ring (bicyclic) bond motifs is 1. The lowest BCUT2D eigenvalue weighted by Crippen LogP contribution is -2.44. The van der Waals surface area contributed by atoms with Crippen molar-refractivity contribution in [3.63, 3.8) is 0 Å². The molecule has 96 valence electrons. The lowest BCUT2D eigenvalue weighted by Gasteiger charge is -2.27. The van der Waals surface area contributed by atoms with Crippen LogP contribution in [0.25, 0.3) is 0 Å². The van der Waals surface area contributed by atoms with E-state index in [1.54, 1.807) is 29.2 Å². The van der Waals surface area contributed by atoms with Gasteiger partial charge in [0.25, 0.3) is 5.91 Å². The summed E-state index contributed by atoms with van der Waals surface area (Å²) in [5.74, 6) is -0.181. The van der Waals surface area contributed by atoms with E-state index >= 15 is 0 Å². The van der Waals surface area contributed by atoms with E-state index in [4.69, 9.17) is 11.6 Å². The fourth-order valence-corrected chi connectivity index (χ4v) is 2.56. The number of anilines is 1. The van der Waals surface area contributed by atoms with E-state index in [1.165, 1.54) is 6.20 Å². The Labute approximate surface area is 115 Å². The summed E-state index contributed by atoms with van der Waals surface area (Å²) in [6.45, 7) is 0.460. The SMILES string of the molecule is O=C1c2ccc[n+]([O-])c2CCN1c1ccccc1Cl. The van der Waals surface area contributed by atoms with Gasteiger partial charge in [0.2, 0.25) is 5.69 Å². The number of aromatic nitrogens is 1. The molecule has 0 radical (unpaired) electrons. The smallest absolute Gasteiger partial charge is 0.264 e. The number of rotatable bonds is 1. The number of hydrogen-bond donors (Lipinski definition) is 0. The van der Waals surface area contributed by atoms with Gasteiger partial charge in [0.15, 0.2) is 6.20 Å². The standard InChI is InChI=1S/C14H11ClN2O2/c15-11-5-1-2-6-13(11)16-9-7-12-10(14(16)18)4-3-8-17(12)19/h1-6,8H,7,9H2. The molecule has 19 heavy (non-hydrogen) atoms. The summed E-state index contributed by atoms with van der Waals surface area (Å²) in [6, 6.07) is 10.5. The van der Waals surface area contributed by atoms with Crippen molar-refractivity contribution in [3.8, 4) is 0 Å². The first-order valence-electron chi connectivity index (χ1n) is 5.96. The highest BCUT2D eigenvalue weighted by molar-refractivity contribution is 6.34. The van der Waals surface area contributed by atoms with Crippen molar-refractivity contribution in [1.82, 2.24) is 0 Å². The molecule has 5 heteroatoms. The largest absolute Gasteiger partial charge is 0.618 e. The van der Waals surface area contributed by atoms with Crippen LogP contribution in [0.5, 0.6) is 0 Å². The predicted octanol–water partition coefficient (Wildman–Crippen LogP) is 2.18. The van der Waals surface area contributed by atoms with Crippen LogP contribution in [-0.2, 0) is 6.42 Å². The van der Waals surface area contributed by atoms with Crippen LogP contribution < -0.4 is 9.63 Å². The van der Waals surface area contributed by atoms with Crippen LogP contribution in [0.2, 0.25) is 5.02 Å². The number of halogens is 1. The first-order valence-corrected chi connectivity index (χ1v) is 6.34. The van der Waals surface area contributed by atoms with Crippen LogP contribution >= 0.6 is 11.6 Å². The van der Waals surface area contributed by atoms with E-state index in [0.29, 0.717) is 34.9 Å². The van der Waals surface area contributed by atoms with Crippen LogP contribution in [-0.4, -0.2) is 12.5 Å². The van der Waals surface area contributed by atoms with Gasteiger partial charge in [-0.25, -0.2) is 0 Å². The van der Waals surface area contributed by atoms with Crippen molar-refractivity contribution >= 4 is 23.2 Å². The molecule has 3 rings (SSSR count). The maximum atomic E-state index is 12.4. The van der Waals surface area contributed by atoms with Crippen molar-refractivity contribution < 1.29 is 9.52 Å². The molecule has 1 aromatic heterocycles. The fourth-order valence-electron chi connectivity index (χ4n) is 2.33. The third-order valence-corrected chi connectivity index (χ3v) is 3.57. The molecular weight excluding hydrogens is 264 g/mol. The maximum Gasteiger partial charge on any atom is 0.264 e. The average molecular weight is 275 g/mol. The average Bonchev–Trinajstić information content (AvgIpc) is 2.41. The number of pyridine rings is 1. The molecule has 0 N–H and O–H groups in total. The quantitative estimate of drug-likeness (QED) is 0.591. The zero-order chi connectivity index (χ0) is 13.4. The molecule has 1 aliphatic rings. The molecule has 0 atom stereocenters. The van der Waals surface area contributed by atoms with E-state index in [-0.39, 0.29) is 5.91 Å². The molecule has 4 nitrogen and oxygen atoms in total. The summed E-state index contributed by atoms with van der Waals surface area (Å²) in [4.78, 5) is 14.1. The number of hydrogen-bond acceptors (Lipinski definition) is 2. The van der Waals surface area contributed by atoms with Gasteiger partial charge in [-0.15, -0.1) is 0 Å². The van der Waals surface area contributed by atoms with Crippen LogP contribution in [0.3, 0.4) is 0 Å². The van der Waals surface area contributed by atoms with Crippen molar-refractivity contribution in [2.24, 2.45) is 0 Å². The highest BCUT2D eigenvalue weighted by Gasteiger charge is 2.31. The van der Waals surface area contributed by atoms with Gasteiger partial charge in [-0.2, -0.15) is 4.73 Å². The molecule has 2 aromatic rings. The summed E-state index contributed by atoms with van der Waals surface area (Å²) in [6.07, 6.45) is 1.94. The van der Waals surface area contributed by atoms with Crippen LogP contribution in [0, 0.1) is 5.21 Å². The molecule has 0 spiro atoms. The number of para-hydroxylation sites is 1. The van der Waals surface area contributed by atoms with Crippen LogP contribution in [0.1, 0.15) is 16.1 Å². The van der Waals surface area contributed by atoms with Gasteiger partial charge in [-0.1, -0.05) is 23.7 Å². The number of amides is 1. The number of benzene rings is 1. The molecule has 0 unspecified atom stereocenters. The van der Waals surface area contributed by atoms with Gasteiger partial charge < -0.3 is 10.1 Å². The molecule has 0 saturated carbocycles. The summed E-state index contributed by atoms with van der Waals surface area (Å²) in [7, 11) is 0. The summed E-state index contributed by atoms with van der Waals surface area (Å²) in [5.41, 5.74) is 1.65. The molecule has 0 saturated heterocycles. The van der Waals surface area contributed by atoms with E-state index in [9.17, 15) is 10.0 Å². The normalized spacial score (nSPS) is 14.4. The Bertz CT molecular complexity index is 658. The molecule has 1 aliphatic heterocycles. The first kappa shape index (κ1) is 12.0. The molecule has 0 aliphatic carbocycles. The number of nitrogens with zero attached hydrogens (tertiary/aromatic N) is 2. The van der Waals surface area contributed by atoms with E-state index in [2.05, 4.69) is 0 Å². The number of carbonyl (C=O) groups excluding carboxylic acids is 1. The van der Waals surface area contributed by atoms with Gasteiger partial charge in [0.05, 0.1) is 17.1 Å². The predicted molar refractivity (Wildman–Crippen MR) is 72.2 cm³/mol. The Morgan fingerprint density at radius 2 is 2.00 bits per heavy atom. The fraction of sp³-hybridized carbons (Fsp3) is 0.143. The maximum absolute atomic E-state index is 12.4. The van der Waals surface area contributed by atoms with Crippen LogP contribution in [0.15, 0.2) is 42.6 Å². The lowest BCUT2D eigenvalue weighted by molar-refractivity contribution is -0.614. The highest BCUT2D eigenvalue weighted by Crippen LogP contribution is 2.29. The minimum Gasteiger partial charge on any atom is -0.618 e. The molecular formula is C14H11ClN2O2. The Kier molecular flexibility index (Phi) is 2.87. The second-order valence-corrected chi connectivity index (χ2v) is 4.76. The zero-order valence-corrected chi connectivity index (χ0v) is 10.8. The summed E-state index contributed by atoms with van der Waals surface area (Å²) >= 11 is 6.12. The van der Waals surface area contributed by atoms with Crippen molar-refractivity contribution in [3.05, 3.63) is 64.1 Å².